The number of hydrogen-bond donors (Lipinski definition) is 0. The molecule has 5 nitrogen and oxygen atoms in total. The normalized spacial score (nSPS) is 9.68. The predicted molar refractivity (Wildman–Crippen MR) is 68.7 cm³/mol. The highest BCUT2D eigenvalue weighted by atomic mass is 16.5. The number of hydrogen-bond acceptors (Lipinski definition) is 5. The molecule has 0 unspecified atom stereocenters. The molecule has 19 heavy (non-hydrogen) atoms. The fourth-order valence-corrected chi connectivity index (χ4v) is 1.51. The lowest BCUT2D eigenvalue weighted by Gasteiger charge is -2.11. The summed E-state index contributed by atoms with van der Waals surface area (Å²) in [6.45, 7) is 2.64. The molecule has 0 amide bonds. The fraction of sp³-hybridized carbons (Fsp3) is 0.214. The lowest BCUT2D eigenvalue weighted by Crippen LogP contribution is -2.02. The Kier molecular flexibility index (Phi) is 4.29. The first-order valence-electron chi connectivity index (χ1n) is 5.89. The topological polar surface area (TPSA) is 68.0 Å². The van der Waals surface area contributed by atoms with Crippen LogP contribution in [0.25, 0.3) is 0 Å². The minimum Gasteiger partial charge on any atom is -0.490 e. The van der Waals surface area contributed by atoms with Gasteiger partial charge in [0.25, 0.3) is 0 Å². The van der Waals surface area contributed by atoms with Gasteiger partial charge in [-0.05, 0) is 25.1 Å². The molecule has 2 rings (SSSR count). The van der Waals surface area contributed by atoms with Gasteiger partial charge in [0.2, 0.25) is 0 Å². The van der Waals surface area contributed by atoms with E-state index in [1.807, 2.05) is 6.92 Å². The van der Waals surface area contributed by atoms with E-state index in [0.29, 0.717) is 29.5 Å². The Morgan fingerprint density at radius 1 is 1.16 bits per heavy atom. The summed E-state index contributed by atoms with van der Waals surface area (Å²) in [5, 5.41) is 8.86. The van der Waals surface area contributed by atoms with E-state index in [0.717, 1.165) is 0 Å². The smallest absolute Gasteiger partial charge is 0.166 e. The Morgan fingerprint density at radius 3 is 2.63 bits per heavy atom. The van der Waals surface area contributed by atoms with Crippen LogP contribution in [0.3, 0.4) is 0 Å². The Bertz CT molecular complexity index is 579. The fourth-order valence-electron chi connectivity index (χ4n) is 1.51. The third-order valence-corrected chi connectivity index (χ3v) is 2.35. The Balaban J connectivity index is 2.13. The molecule has 0 radical (unpaired) electrons. The third-order valence-electron chi connectivity index (χ3n) is 2.35. The highest BCUT2D eigenvalue weighted by molar-refractivity contribution is 5.46. The SMILES string of the molecule is CCOc1cc(C#N)ccc1OCc1ncccn1. The third kappa shape index (κ3) is 3.42. The van der Waals surface area contributed by atoms with E-state index in [9.17, 15) is 0 Å². The van der Waals surface area contributed by atoms with Gasteiger partial charge in [0.05, 0.1) is 18.2 Å². The average molecular weight is 255 g/mol. The number of nitrogens with zero attached hydrogens (tertiary/aromatic N) is 3. The van der Waals surface area contributed by atoms with E-state index in [1.165, 1.54) is 0 Å². The van der Waals surface area contributed by atoms with E-state index in [1.54, 1.807) is 36.7 Å². The number of ether oxygens (including phenoxy) is 2. The molecule has 0 bridgehead atoms. The second-order valence-corrected chi connectivity index (χ2v) is 3.66. The van der Waals surface area contributed by atoms with Gasteiger partial charge in [-0.15, -0.1) is 0 Å². The molecule has 0 saturated heterocycles. The largest absolute Gasteiger partial charge is 0.490 e. The quantitative estimate of drug-likeness (QED) is 0.820. The van der Waals surface area contributed by atoms with Crippen molar-refractivity contribution in [1.29, 1.82) is 5.26 Å². The minimum absolute atomic E-state index is 0.257. The number of nitriles is 1. The van der Waals surface area contributed by atoms with E-state index in [-0.39, 0.29) is 6.61 Å². The Hall–Kier alpha value is -2.61. The van der Waals surface area contributed by atoms with Crippen molar-refractivity contribution < 1.29 is 9.47 Å². The summed E-state index contributed by atoms with van der Waals surface area (Å²) in [5.74, 6) is 1.72. The molecule has 5 heteroatoms. The molecule has 96 valence electrons. The lowest BCUT2D eigenvalue weighted by molar-refractivity contribution is 0.263. The van der Waals surface area contributed by atoms with Crippen LogP contribution in [0.2, 0.25) is 0 Å². The summed E-state index contributed by atoms with van der Waals surface area (Å²) in [6.07, 6.45) is 3.32. The van der Waals surface area contributed by atoms with Gasteiger partial charge in [0.15, 0.2) is 17.3 Å². The standard InChI is InChI=1S/C14H13N3O2/c1-2-18-13-8-11(9-15)4-5-12(13)19-10-14-16-6-3-7-17-14/h3-8H,2,10H2,1H3. The number of rotatable bonds is 5. The highest BCUT2D eigenvalue weighted by Gasteiger charge is 2.07. The van der Waals surface area contributed by atoms with Gasteiger partial charge in [-0.1, -0.05) is 0 Å². The minimum atomic E-state index is 0.257. The Morgan fingerprint density at radius 2 is 1.95 bits per heavy atom. The van der Waals surface area contributed by atoms with Crippen LogP contribution in [0.15, 0.2) is 36.7 Å². The molecule has 0 saturated carbocycles. The second-order valence-electron chi connectivity index (χ2n) is 3.66. The number of aromatic nitrogens is 2. The molecular weight excluding hydrogens is 242 g/mol. The summed E-state index contributed by atoms with van der Waals surface area (Å²) in [5.41, 5.74) is 0.534. The van der Waals surface area contributed by atoms with Crippen LogP contribution < -0.4 is 9.47 Å². The molecular formula is C14H13N3O2. The van der Waals surface area contributed by atoms with Crippen LogP contribution in [-0.2, 0) is 6.61 Å². The van der Waals surface area contributed by atoms with Crippen molar-refractivity contribution in [2.45, 2.75) is 13.5 Å². The summed E-state index contributed by atoms with van der Waals surface area (Å²) in [6, 6.07) is 8.87. The molecule has 1 aromatic carbocycles. The van der Waals surface area contributed by atoms with E-state index in [4.69, 9.17) is 14.7 Å². The van der Waals surface area contributed by atoms with Crippen LogP contribution >= 0.6 is 0 Å². The lowest BCUT2D eigenvalue weighted by atomic mass is 10.2. The summed E-state index contributed by atoms with van der Waals surface area (Å²) < 4.78 is 11.1. The van der Waals surface area contributed by atoms with E-state index < -0.39 is 0 Å². The monoisotopic (exact) mass is 255 g/mol. The van der Waals surface area contributed by atoms with Crippen LogP contribution in [0, 0.1) is 11.3 Å². The van der Waals surface area contributed by atoms with Crippen LogP contribution in [0.1, 0.15) is 18.3 Å². The van der Waals surface area contributed by atoms with Crippen molar-refractivity contribution >= 4 is 0 Å². The molecule has 0 aliphatic carbocycles. The first-order chi connectivity index (χ1) is 9.33. The van der Waals surface area contributed by atoms with Gasteiger partial charge in [-0.25, -0.2) is 9.97 Å². The first kappa shape index (κ1) is 12.8. The molecule has 0 fully saturated rings. The van der Waals surface area contributed by atoms with Crippen LogP contribution in [0.5, 0.6) is 11.5 Å². The summed E-state index contributed by atoms with van der Waals surface area (Å²) in [7, 11) is 0. The van der Waals surface area contributed by atoms with Crippen molar-refractivity contribution in [1.82, 2.24) is 9.97 Å². The number of benzene rings is 1. The zero-order valence-electron chi connectivity index (χ0n) is 10.5. The van der Waals surface area contributed by atoms with Gasteiger partial charge >= 0.3 is 0 Å². The predicted octanol–water partition coefficient (Wildman–Crippen LogP) is 2.33. The highest BCUT2D eigenvalue weighted by Crippen LogP contribution is 2.28. The maximum absolute atomic E-state index is 8.86. The van der Waals surface area contributed by atoms with Crippen molar-refractivity contribution in [2.75, 3.05) is 6.61 Å². The molecule has 2 aromatic rings. The van der Waals surface area contributed by atoms with E-state index in [2.05, 4.69) is 16.0 Å². The van der Waals surface area contributed by atoms with Crippen LogP contribution in [0.4, 0.5) is 0 Å². The van der Waals surface area contributed by atoms with Gasteiger partial charge in [0.1, 0.15) is 6.61 Å². The maximum atomic E-state index is 8.86. The van der Waals surface area contributed by atoms with Crippen molar-refractivity contribution in [2.24, 2.45) is 0 Å². The zero-order valence-corrected chi connectivity index (χ0v) is 10.5. The van der Waals surface area contributed by atoms with Gasteiger partial charge in [-0.2, -0.15) is 5.26 Å². The molecule has 0 N–H and O–H groups in total. The first-order valence-corrected chi connectivity index (χ1v) is 5.89. The molecule has 1 aromatic heterocycles. The summed E-state index contributed by atoms with van der Waals surface area (Å²) >= 11 is 0. The molecule has 0 spiro atoms. The second kappa shape index (κ2) is 6.36. The van der Waals surface area contributed by atoms with Crippen LogP contribution in [-0.4, -0.2) is 16.6 Å². The van der Waals surface area contributed by atoms with Gasteiger partial charge in [0, 0.05) is 18.5 Å². The molecule has 1 heterocycles. The van der Waals surface area contributed by atoms with Crippen molar-refractivity contribution in [3.63, 3.8) is 0 Å². The molecule has 0 aliphatic rings. The Labute approximate surface area is 111 Å². The van der Waals surface area contributed by atoms with E-state index >= 15 is 0 Å². The van der Waals surface area contributed by atoms with Gasteiger partial charge < -0.3 is 9.47 Å². The van der Waals surface area contributed by atoms with Crippen molar-refractivity contribution in [3.8, 4) is 17.6 Å². The van der Waals surface area contributed by atoms with Gasteiger partial charge in [-0.3, -0.25) is 0 Å². The van der Waals surface area contributed by atoms with Crippen molar-refractivity contribution in [3.05, 3.63) is 48.0 Å². The average Bonchev–Trinajstić information content (AvgIpc) is 2.47. The zero-order chi connectivity index (χ0) is 13.5. The maximum Gasteiger partial charge on any atom is 0.166 e. The molecule has 0 aliphatic heterocycles. The summed E-state index contributed by atoms with van der Waals surface area (Å²) in [4.78, 5) is 8.15. The molecule has 0 atom stereocenters.